The molecule has 0 spiro atoms. The van der Waals surface area contributed by atoms with Crippen LogP contribution in [0.2, 0.25) is 0 Å². The topological polar surface area (TPSA) is 58.0 Å². The first-order chi connectivity index (χ1) is 11.8. The Hall–Kier alpha value is -2.24. The van der Waals surface area contributed by atoms with E-state index in [9.17, 15) is 0 Å². The molecular weight excluding hydrogens is 300 g/mol. The van der Waals surface area contributed by atoms with E-state index in [1.54, 1.807) is 6.20 Å². The number of hydrogen-bond acceptors (Lipinski definition) is 6. The van der Waals surface area contributed by atoms with Gasteiger partial charge >= 0.3 is 0 Å². The second kappa shape index (κ2) is 5.40. The lowest BCUT2D eigenvalue weighted by atomic mass is 10.1. The maximum Gasteiger partial charge on any atom is 0.151 e. The van der Waals surface area contributed by atoms with Crippen molar-refractivity contribution in [3.63, 3.8) is 0 Å². The van der Waals surface area contributed by atoms with Crippen molar-refractivity contribution in [3.8, 4) is 0 Å². The van der Waals surface area contributed by atoms with Gasteiger partial charge in [-0.2, -0.15) is 5.10 Å². The zero-order chi connectivity index (χ0) is 16.1. The first-order valence-electron chi connectivity index (χ1n) is 8.94. The van der Waals surface area contributed by atoms with Crippen molar-refractivity contribution in [1.82, 2.24) is 20.2 Å². The van der Waals surface area contributed by atoms with Gasteiger partial charge < -0.3 is 9.80 Å². The third-order valence-corrected chi connectivity index (χ3v) is 5.55. The minimum Gasteiger partial charge on any atom is -0.352 e. The smallest absolute Gasteiger partial charge is 0.151 e. The van der Waals surface area contributed by atoms with E-state index in [0.29, 0.717) is 12.0 Å². The second-order valence-electron chi connectivity index (χ2n) is 7.24. The summed E-state index contributed by atoms with van der Waals surface area (Å²) in [6, 6.07) is 2.71. The number of hydrogen-bond donors (Lipinski definition) is 0. The summed E-state index contributed by atoms with van der Waals surface area (Å²) in [5.74, 6) is 2.71. The molecule has 2 aromatic rings. The molecule has 1 saturated heterocycles. The lowest BCUT2D eigenvalue weighted by Gasteiger charge is -2.45. The highest BCUT2D eigenvalue weighted by atomic mass is 15.4. The van der Waals surface area contributed by atoms with Crippen molar-refractivity contribution < 1.29 is 0 Å². The average molecular weight is 322 g/mol. The van der Waals surface area contributed by atoms with Crippen LogP contribution in [0.3, 0.4) is 0 Å². The van der Waals surface area contributed by atoms with Crippen molar-refractivity contribution in [2.75, 3.05) is 29.9 Å². The van der Waals surface area contributed by atoms with Gasteiger partial charge in [-0.1, -0.05) is 0 Å². The van der Waals surface area contributed by atoms with Crippen molar-refractivity contribution in [2.45, 2.75) is 44.1 Å². The van der Waals surface area contributed by atoms with Crippen LogP contribution in [0.25, 0.3) is 0 Å². The molecule has 2 aliphatic carbocycles. The summed E-state index contributed by atoms with van der Waals surface area (Å²) >= 11 is 0. The Morgan fingerprint density at radius 3 is 2.75 bits per heavy atom. The van der Waals surface area contributed by atoms with E-state index in [4.69, 9.17) is 0 Å². The van der Waals surface area contributed by atoms with Crippen LogP contribution in [0.5, 0.6) is 0 Å². The molecule has 0 radical (unpaired) electrons. The molecule has 0 N–H and O–H groups in total. The average Bonchev–Trinajstić information content (AvgIpc) is 3.31. The van der Waals surface area contributed by atoms with E-state index in [2.05, 4.69) is 43.1 Å². The van der Waals surface area contributed by atoms with Crippen LogP contribution in [0.1, 0.15) is 42.1 Å². The highest BCUT2D eigenvalue weighted by Gasteiger charge is 2.36. The maximum atomic E-state index is 4.60. The van der Waals surface area contributed by atoms with Gasteiger partial charge in [0.1, 0.15) is 0 Å². The minimum absolute atomic E-state index is 0.467. The van der Waals surface area contributed by atoms with Crippen LogP contribution >= 0.6 is 0 Å². The number of anilines is 2. The Balaban J connectivity index is 1.29. The highest BCUT2D eigenvalue weighted by molar-refractivity contribution is 5.52. The second-order valence-corrected chi connectivity index (χ2v) is 7.24. The molecule has 6 heteroatoms. The largest absolute Gasteiger partial charge is 0.352 e. The van der Waals surface area contributed by atoms with Gasteiger partial charge in [-0.05, 0) is 43.7 Å². The number of fused-ring (bicyclic) bond motifs is 1. The van der Waals surface area contributed by atoms with Crippen molar-refractivity contribution in [1.29, 1.82) is 0 Å². The number of nitrogens with zero attached hydrogens (tertiary/aromatic N) is 6. The van der Waals surface area contributed by atoms with E-state index in [0.717, 1.165) is 37.6 Å². The Kier molecular flexibility index (Phi) is 3.18. The molecule has 0 bridgehead atoms. The lowest BCUT2D eigenvalue weighted by Crippen LogP contribution is -2.59. The Morgan fingerprint density at radius 1 is 1.08 bits per heavy atom. The first-order valence-corrected chi connectivity index (χ1v) is 8.94. The van der Waals surface area contributed by atoms with Gasteiger partial charge in [-0.3, -0.25) is 4.98 Å². The predicted octanol–water partition coefficient (Wildman–Crippen LogP) is 1.96. The molecule has 6 nitrogen and oxygen atoms in total. The third kappa shape index (κ3) is 2.32. The van der Waals surface area contributed by atoms with Crippen LogP contribution in [0.15, 0.2) is 18.5 Å². The van der Waals surface area contributed by atoms with E-state index in [-0.39, 0.29) is 0 Å². The number of aryl methyl sites for hydroxylation is 2. The molecule has 3 aliphatic rings. The van der Waals surface area contributed by atoms with Gasteiger partial charge in [-0.15, -0.1) is 5.10 Å². The fourth-order valence-corrected chi connectivity index (χ4v) is 3.79. The number of likely N-dealkylation sites (N-methyl/N-ethyl adjacent to an activating group) is 1. The third-order valence-electron chi connectivity index (χ3n) is 5.55. The van der Waals surface area contributed by atoms with E-state index < -0.39 is 0 Å². The summed E-state index contributed by atoms with van der Waals surface area (Å²) in [6.45, 7) is 1.95. The summed E-state index contributed by atoms with van der Waals surface area (Å²) in [6.07, 6.45) is 9.58. The van der Waals surface area contributed by atoms with Gasteiger partial charge in [0.05, 0.1) is 17.4 Å². The van der Waals surface area contributed by atoms with E-state index in [1.807, 2.05) is 6.20 Å². The molecule has 0 atom stereocenters. The molecule has 3 heterocycles. The predicted molar refractivity (Wildman–Crippen MR) is 92.5 cm³/mol. The van der Waals surface area contributed by atoms with E-state index >= 15 is 0 Å². The molecule has 2 fully saturated rings. The summed E-state index contributed by atoms with van der Waals surface area (Å²) in [4.78, 5) is 13.8. The van der Waals surface area contributed by atoms with Gasteiger partial charge in [-0.25, -0.2) is 4.98 Å². The monoisotopic (exact) mass is 322 g/mol. The van der Waals surface area contributed by atoms with Gasteiger partial charge in [0.25, 0.3) is 0 Å². The zero-order valence-corrected chi connectivity index (χ0v) is 14.0. The van der Waals surface area contributed by atoms with Crippen LogP contribution in [0, 0.1) is 0 Å². The molecule has 2 aromatic heterocycles. The molecule has 24 heavy (non-hydrogen) atoms. The quantitative estimate of drug-likeness (QED) is 0.857. The standard InChI is InChI=1S/C18H22N6/c1-23(18-17(12-5-6-12)19-7-8-20-18)14-10-24(11-14)16-9-13-3-2-4-15(13)21-22-16/h7-9,12,14H,2-6,10-11H2,1H3. The molecule has 5 rings (SSSR count). The van der Waals surface area contributed by atoms with Gasteiger partial charge in [0, 0.05) is 38.4 Å². The zero-order valence-electron chi connectivity index (χ0n) is 14.0. The van der Waals surface area contributed by atoms with Gasteiger partial charge in [0.15, 0.2) is 11.6 Å². The number of rotatable bonds is 4. The summed E-state index contributed by atoms with van der Waals surface area (Å²) in [7, 11) is 2.15. The Labute approximate surface area is 141 Å². The van der Waals surface area contributed by atoms with Crippen LogP contribution in [-0.2, 0) is 12.8 Å². The Morgan fingerprint density at radius 2 is 1.92 bits per heavy atom. The summed E-state index contributed by atoms with van der Waals surface area (Å²) < 4.78 is 0. The molecule has 0 amide bonds. The van der Waals surface area contributed by atoms with Crippen molar-refractivity contribution >= 4 is 11.6 Å². The molecule has 1 aliphatic heterocycles. The molecular formula is C18H22N6. The number of aromatic nitrogens is 4. The molecule has 124 valence electrons. The van der Waals surface area contributed by atoms with Crippen LogP contribution < -0.4 is 9.80 Å². The van der Waals surface area contributed by atoms with Crippen molar-refractivity contribution in [2.24, 2.45) is 0 Å². The minimum atomic E-state index is 0.467. The maximum absolute atomic E-state index is 4.60. The normalized spacial score (nSPS) is 20.0. The van der Waals surface area contributed by atoms with Gasteiger partial charge in [0.2, 0.25) is 0 Å². The fraction of sp³-hybridized carbons (Fsp3) is 0.556. The molecule has 0 aromatic carbocycles. The summed E-state index contributed by atoms with van der Waals surface area (Å²) in [5.41, 5.74) is 3.76. The SMILES string of the molecule is CN(c1nccnc1C1CC1)C1CN(c2cc3c(nn2)CCC3)C1. The molecule has 0 unspecified atom stereocenters. The fourth-order valence-electron chi connectivity index (χ4n) is 3.79. The highest BCUT2D eigenvalue weighted by Crippen LogP contribution is 2.42. The Bertz CT molecular complexity index is 766. The van der Waals surface area contributed by atoms with Crippen LogP contribution in [-0.4, -0.2) is 46.3 Å². The van der Waals surface area contributed by atoms with E-state index in [1.165, 1.54) is 36.2 Å². The van der Waals surface area contributed by atoms with Crippen molar-refractivity contribution in [3.05, 3.63) is 35.4 Å². The summed E-state index contributed by atoms with van der Waals surface area (Å²) in [5, 5.41) is 8.83. The lowest BCUT2D eigenvalue weighted by molar-refractivity contribution is 0.486. The first kappa shape index (κ1) is 14.1. The van der Waals surface area contributed by atoms with Crippen LogP contribution in [0.4, 0.5) is 11.6 Å². The molecule has 1 saturated carbocycles.